The average Bonchev–Trinajstić information content (AvgIpc) is 1.62. The van der Waals surface area contributed by atoms with Crippen molar-refractivity contribution in [3.63, 3.8) is 0 Å². The van der Waals surface area contributed by atoms with E-state index in [9.17, 15) is 5.11 Å². The van der Waals surface area contributed by atoms with Crippen molar-refractivity contribution >= 4 is 0 Å². The van der Waals surface area contributed by atoms with Gasteiger partial charge in [0.15, 0.2) is 0 Å². The van der Waals surface area contributed by atoms with Crippen LogP contribution in [0.5, 0.6) is 0 Å². The molecule has 0 rings (SSSR count). The Morgan fingerprint density at radius 2 is 1.50 bits per heavy atom. The molecule has 0 aromatic carbocycles. The Morgan fingerprint density at radius 3 is 1.50 bits per heavy atom. The van der Waals surface area contributed by atoms with Gasteiger partial charge >= 0.3 is 0 Å². The molecule has 0 spiro atoms. The van der Waals surface area contributed by atoms with E-state index in [0.717, 1.165) is 0 Å². The first kappa shape index (κ1) is 9.92. The lowest BCUT2D eigenvalue weighted by Gasteiger charge is -2.40. The van der Waals surface area contributed by atoms with Crippen molar-refractivity contribution in [2.24, 2.45) is 11.7 Å². The van der Waals surface area contributed by atoms with Gasteiger partial charge in [0.05, 0.1) is 5.60 Å². The van der Waals surface area contributed by atoms with E-state index in [2.05, 4.69) is 0 Å². The van der Waals surface area contributed by atoms with E-state index in [1.165, 1.54) is 0 Å². The van der Waals surface area contributed by atoms with Crippen molar-refractivity contribution in [3.8, 4) is 0 Å². The molecule has 2 nitrogen and oxygen atoms in total. The summed E-state index contributed by atoms with van der Waals surface area (Å²) >= 11 is 0. The third-order valence-electron chi connectivity index (χ3n) is 2.52. The zero-order valence-electron chi connectivity index (χ0n) is 7.60. The molecule has 1 unspecified atom stereocenters. The number of aliphatic hydroxyl groups is 1. The highest BCUT2D eigenvalue weighted by atomic mass is 16.3. The molecule has 0 aromatic rings. The monoisotopic (exact) mass is 145 g/mol. The van der Waals surface area contributed by atoms with Crippen LogP contribution in [-0.2, 0) is 0 Å². The first-order valence-corrected chi connectivity index (χ1v) is 3.71. The largest absolute Gasteiger partial charge is 0.389 e. The Balaban J connectivity index is 4.40. The van der Waals surface area contributed by atoms with E-state index in [1.807, 2.05) is 20.8 Å². The van der Waals surface area contributed by atoms with Gasteiger partial charge in [-0.25, -0.2) is 0 Å². The van der Waals surface area contributed by atoms with E-state index in [0.29, 0.717) is 0 Å². The molecule has 2 heteroatoms. The highest BCUT2D eigenvalue weighted by Crippen LogP contribution is 2.25. The molecule has 0 radical (unpaired) electrons. The Hall–Kier alpha value is -0.0800. The van der Waals surface area contributed by atoms with Gasteiger partial charge in [0.25, 0.3) is 0 Å². The van der Waals surface area contributed by atoms with Crippen molar-refractivity contribution in [2.45, 2.75) is 45.8 Å². The van der Waals surface area contributed by atoms with E-state index < -0.39 is 11.1 Å². The third-order valence-corrected chi connectivity index (χ3v) is 2.52. The summed E-state index contributed by atoms with van der Waals surface area (Å²) in [5, 5.41) is 9.59. The van der Waals surface area contributed by atoms with Crippen LogP contribution in [0.3, 0.4) is 0 Å². The molecule has 0 aromatic heterocycles. The Bertz CT molecular complexity index is 111. The van der Waals surface area contributed by atoms with Crippen molar-refractivity contribution in [3.05, 3.63) is 0 Å². The fourth-order valence-electron chi connectivity index (χ4n) is 0.706. The van der Waals surface area contributed by atoms with Gasteiger partial charge in [-0.3, -0.25) is 0 Å². The first-order valence-electron chi connectivity index (χ1n) is 3.71. The van der Waals surface area contributed by atoms with Crippen LogP contribution in [0.2, 0.25) is 0 Å². The summed E-state index contributed by atoms with van der Waals surface area (Å²) in [6, 6.07) is 0. The van der Waals surface area contributed by atoms with Gasteiger partial charge in [-0.05, 0) is 26.7 Å². The minimum absolute atomic E-state index is 0.285. The topological polar surface area (TPSA) is 46.2 Å². The molecule has 0 bridgehead atoms. The van der Waals surface area contributed by atoms with E-state index in [-0.39, 0.29) is 5.92 Å². The summed E-state index contributed by atoms with van der Waals surface area (Å²) in [4.78, 5) is 0. The summed E-state index contributed by atoms with van der Waals surface area (Å²) in [5.74, 6) is 0.285. The summed E-state index contributed by atoms with van der Waals surface area (Å²) in [6.45, 7) is 9.38. The van der Waals surface area contributed by atoms with Crippen LogP contribution in [0.15, 0.2) is 0 Å². The second kappa shape index (κ2) is 2.51. The van der Waals surface area contributed by atoms with Crippen LogP contribution in [0, 0.1) is 5.92 Å². The minimum atomic E-state index is -0.804. The molecule has 62 valence electrons. The maximum atomic E-state index is 9.59. The minimum Gasteiger partial charge on any atom is -0.389 e. The van der Waals surface area contributed by atoms with Crippen LogP contribution in [0.25, 0.3) is 0 Å². The van der Waals surface area contributed by atoms with Gasteiger partial charge in [0, 0.05) is 5.54 Å². The molecule has 0 aliphatic heterocycles. The van der Waals surface area contributed by atoms with Crippen LogP contribution in [-0.4, -0.2) is 16.2 Å². The summed E-state index contributed by atoms with van der Waals surface area (Å²) in [5.41, 5.74) is 4.58. The highest BCUT2D eigenvalue weighted by Gasteiger charge is 2.38. The summed E-state index contributed by atoms with van der Waals surface area (Å²) < 4.78 is 0. The molecule has 0 saturated carbocycles. The predicted octanol–water partition coefficient (Wildman–Crippen LogP) is 1.13. The second-order valence-corrected chi connectivity index (χ2v) is 4.00. The number of nitrogens with two attached hydrogens (primary N) is 1. The van der Waals surface area contributed by atoms with E-state index >= 15 is 0 Å². The fourth-order valence-corrected chi connectivity index (χ4v) is 0.706. The predicted molar refractivity (Wildman–Crippen MR) is 43.7 cm³/mol. The molecule has 1 atom stereocenters. The van der Waals surface area contributed by atoms with Crippen LogP contribution in [0.1, 0.15) is 34.6 Å². The van der Waals surface area contributed by atoms with E-state index in [4.69, 9.17) is 5.73 Å². The summed E-state index contributed by atoms with van der Waals surface area (Å²) in [7, 11) is 0. The standard InChI is InChI=1S/C8H19NO/c1-6(2)8(5,9)7(3,4)10/h6,10H,9H2,1-5H3. The lowest BCUT2D eigenvalue weighted by Crippen LogP contribution is -2.58. The van der Waals surface area contributed by atoms with Gasteiger partial charge in [0.2, 0.25) is 0 Å². The molecule has 10 heavy (non-hydrogen) atoms. The Morgan fingerprint density at radius 1 is 1.20 bits per heavy atom. The maximum Gasteiger partial charge on any atom is 0.0770 e. The normalized spacial score (nSPS) is 19.2. The lowest BCUT2D eigenvalue weighted by molar-refractivity contribution is -0.0155. The number of hydrogen-bond donors (Lipinski definition) is 2. The average molecular weight is 145 g/mol. The van der Waals surface area contributed by atoms with E-state index in [1.54, 1.807) is 13.8 Å². The van der Waals surface area contributed by atoms with Gasteiger partial charge < -0.3 is 10.8 Å². The van der Waals surface area contributed by atoms with Crippen molar-refractivity contribution in [2.75, 3.05) is 0 Å². The lowest BCUT2D eigenvalue weighted by atomic mass is 9.76. The van der Waals surface area contributed by atoms with Crippen molar-refractivity contribution in [1.82, 2.24) is 0 Å². The zero-order valence-corrected chi connectivity index (χ0v) is 7.60. The zero-order chi connectivity index (χ0) is 8.58. The molecule has 0 amide bonds. The fraction of sp³-hybridized carbons (Fsp3) is 1.00. The molecular formula is C8H19NO. The third kappa shape index (κ3) is 1.70. The van der Waals surface area contributed by atoms with Gasteiger partial charge in [-0.15, -0.1) is 0 Å². The first-order chi connectivity index (χ1) is 4.19. The smallest absolute Gasteiger partial charge is 0.0770 e. The highest BCUT2D eigenvalue weighted by molar-refractivity contribution is 4.96. The molecule has 0 saturated heterocycles. The SMILES string of the molecule is CC(C)C(C)(N)C(C)(C)O. The molecule has 0 heterocycles. The van der Waals surface area contributed by atoms with Crippen LogP contribution >= 0.6 is 0 Å². The van der Waals surface area contributed by atoms with Crippen LogP contribution in [0.4, 0.5) is 0 Å². The molecule has 3 N–H and O–H groups in total. The Kier molecular flexibility index (Phi) is 2.49. The van der Waals surface area contributed by atoms with Gasteiger partial charge in [0.1, 0.15) is 0 Å². The number of hydrogen-bond acceptors (Lipinski definition) is 2. The molecular weight excluding hydrogens is 126 g/mol. The second-order valence-electron chi connectivity index (χ2n) is 4.00. The molecule has 0 aliphatic carbocycles. The van der Waals surface area contributed by atoms with Crippen molar-refractivity contribution in [1.29, 1.82) is 0 Å². The van der Waals surface area contributed by atoms with Crippen LogP contribution < -0.4 is 5.73 Å². The van der Waals surface area contributed by atoms with Crippen molar-refractivity contribution < 1.29 is 5.11 Å². The quantitative estimate of drug-likeness (QED) is 0.612. The Labute approximate surface area is 63.4 Å². The molecule has 0 aliphatic rings. The molecule has 0 fully saturated rings. The van der Waals surface area contributed by atoms with Gasteiger partial charge in [-0.1, -0.05) is 13.8 Å². The summed E-state index contributed by atoms with van der Waals surface area (Å²) in [6.07, 6.45) is 0. The number of rotatable bonds is 2. The maximum absolute atomic E-state index is 9.59. The van der Waals surface area contributed by atoms with Gasteiger partial charge in [-0.2, -0.15) is 0 Å².